The van der Waals surface area contributed by atoms with Crippen molar-refractivity contribution in [2.75, 3.05) is 12.9 Å². The highest BCUT2D eigenvalue weighted by Crippen LogP contribution is 2.36. The van der Waals surface area contributed by atoms with Crippen LogP contribution in [-0.4, -0.2) is 29.9 Å². The lowest BCUT2D eigenvalue weighted by Gasteiger charge is -2.21. The first kappa shape index (κ1) is 22.8. The average Bonchev–Trinajstić information content (AvgIpc) is 3.19. The van der Waals surface area contributed by atoms with Gasteiger partial charge in [-0.1, -0.05) is 66.9 Å². The Morgan fingerprint density at radius 3 is 2.87 bits per heavy atom. The number of thioether (sulfide) groups is 2. The molecule has 2 atom stereocenters. The van der Waals surface area contributed by atoms with E-state index in [2.05, 4.69) is 22.6 Å². The van der Waals surface area contributed by atoms with Crippen LogP contribution in [0.4, 0.5) is 0 Å². The van der Waals surface area contributed by atoms with Gasteiger partial charge in [0, 0.05) is 4.90 Å². The van der Waals surface area contributed by atoms with Crippen LogP contribution in [0.15, 0.2) is 68.6 Å². The van der Waals surface area contributed by atoms with Crippen LogP contribution in [0.3, 0.4) is 0 Å². The third-order valence-electron chi connectivity index (χ3n) is 5.65. The molecule has 1 aromatic carbocycles. The monoisotopic (exact) mass is 444 g/mol. The van der Waals surface area contributed by atoms with Gasteiger partial charge >= 0.3 is 0 Å². The van der Waals surface area contributed by atoms with Crippen molar-refractivity contribution < 1.29 is 9.90 Å². The first-order valence-corrected chi connectivity index (χ1v) is 12.4. The SMILES string of the molecule is CSc1cccc(C(CC2CCCC2)C(=O)NC2=CC=CC(C(CO)N=O)=CS2)c1. The number of amides is 1. The summed E-state index contributed by atoms with van der Waals surface area (Å²) in [7, 11) is 0. The molecule has 1 heterocycles. The number of nitrogens with one attached hydrogen (secondary N) is 1. The molecule has 0 saturated heterocycles. The molecule has 0 bridgehead atoms. The molecule has 0 aromatic heterocycles. The predicted octanol–water partition coefficient (Wildman–Crippen LogP) is 5.34. The largest absolute Gasteiger partial charge is 0.394 e. The standard InChI is InChI=1S/C23H28N2O3S2/c1-29-19-10-4-8-17(13-19)20(12-16-6-2-3-7-16)23(27)24-22-11-5-9-18(15-30-22)21(14-26)25-28/h4-5,8-11,13,15-16,20-21,26H,2-3,6-7,12,14H2,1H3,(H,24,27). The summed E-state index contributed by atoms with van der Waals surface area (Å²) in [5, 5.41) is 17.8. The van der Waals surface area contributed by atoms with Gasteiger partial charge < -0.3 is 10.4 Å². The van der Waals surface area contributed by atoms with Gasteiger partial charge in [-0.05, 0) is 53.3 Å². The van der Waals surface area contributed by atoms with Gasteiger partial charge in [-0.2, -0.15) is 4.91 Å². The van der Waals surface area contributed by atoms with E-state index in [0.717, 1.165) is 16.9 Å². The van der Waals surface area contributed by atoms with Crippen molar-refractivity contribution in [2.24, 2.45) is 11.1 Å². The van der Waals surface area contributed by atoms with Crippen molar-refractivity contribution in [3.05, 3.63) is 69.0 Å². The number of nitrogens with zero attached hydrogens (tertiary/aromatic N) is 1. The van der Waals surface area contributed by atoms with Crippen LogP contribution in [0.25, 0.3) is 0 Å². The fourth-order valence-corrected chi connectivity index (χ4v) is 5.24. The summed E-state index contributed by atoms with van der Waals surface area (Å²) >= 11 is 3.01. The third kappa shape index (κ3) is 6.09. The van der Waals surface area contributed by atoms with Crippen LogP contribution >= 0.6 is 23.5 Å². The lowest BCUT2D eigenvalue weighted by atomic mass is 9.87. The van der Waals surface area contributed by atoms with Gasteiger partial charge in [0.1, 0.15) is 6.04 Å². The second kappa shape index (κ2) is 11.5. The molecule has 1 fully saturated rings. The summed E-state index contributed by atoms with van der Waals surface area (Å²) in [4.78, 5) is 25.4. The summed E-state index contributed by atoms with van der Waals surface area (Å²) in [5.41, 5.74) is 1.69. The molecule has 3 rings (SSSR count). The Kier molecular flexibility index (Phi) is 8.78. The van der Waals surface area contributed by atoms with E-state index in [1.807, 2.05) is 24.5 Å². The Hall–Kier alpha value is -1.83. The van der Waals surface area contributed by atoms with Crippen molar-refractivity contribution >= 4 is 29.4 Å². The fourth-order valence-electron chi connectivity index (χ4n) is 3.96. The molecular weight excluding hydrogens is 416 g/mol. The van der Waals surface area contributed by atoms with Gasteiger partial charge in [-0.25, -0.2) is 0 Å². The van der Waals surface area contributed by atoms with Gasteiger partial charge in [0.05, 0.1) is 17.6 Å². The molecule has 5 nitrogen and oxygen atoms in total. The second-order valence-electron chi connectivity index (χ2n) is 7.63. The average molecular weight is 445 g/mol. The molecule has 1 amide bonds. The first-order valence-electron chi connectivity index (χ1n) is 10.3. The molecule has 160 valence electrons. The van der Waals surface area contributed by atoms with Gasteiger partial charge in [0.2, 0.25) is 5.91 Å². The van der Waals surface area contributed by atoms with E-state index < -0.39 is 6.04 Å². The number of carbonyl (C=O) groups is 1. The number of hydrogen-bond acceptors (Lipinski definition) is 6. The molecular formula is C23H28N2O3S2. The molecule has 0 radical (unpaired) electrons. The molecule has 30 heavy (non-hydrogen) atoms. The number of aliphatic hydroxyl groups excluding tert-OH is 1. The Balaban J connectivity index is 1.75. The van der Waals surface area contributed by atoms with E-state index >= 15 is 0 Å². The number of rotatable bonds is 9. The Labute approximate surface area is 186 Å². The summed E-state index contributed by atoms with van der Waals surface area (Å²) in [6, 6.07) is 7.47. The van der Waals surface area contributed by atoms with Crippen LogP contribution in [0.2, 0.25) is 0 Å². The molecule has 0 spiro atoms. The molecule has 1 aromatic rings. The Bertz CT molecular complexity index is 845. The van der Waals surface area contributed by atoms with Crippen LogP contribution in [0.5, 0.6) is 0 Å². The summed E-state index contributed by atoms with van der Waals surface area (Å²) in [5.74, 6) is 0.389. The zero-order chi connectivity index (χ0) is 21.3. The quantitative estimate of drug-likeness (QED) is 0.397. The fraction of sp³-hybridized carbons (Fsp3) is 0.435. The van der Waals surface area contributed by atoms with Crippen molar-refractivity contribution in [3.63, 3.8) is 0 Å². The normalized spacial score (nSPS) is 18.9. The molecule has 2 N–H and O–H groups in total. The summed E-state index contributed by atoms with van der Waals surface area (Å²) in [6.07, 6.45) is 13.1. The van der Waals surface area contributed by atoms with E-state index in [-0.39, 0.29) is 18.4 Å². The number of hydrogen-bond donors (Lipinski definition) is 2. The van der Waals surface area contributed by atoms with E-state index in [1.54, 1.807) is 29.3 Å². The van der Waals surface area contributed by atoms with Crippen molar-refractivity contribution in [1.82, 2.24) is 5.32 Å². The lowest BCUT2D eigenvalue weighted by molar-refractivity contribution is -0.122. The maximum atomic E-state index is 13.3. The molecule has 7 heteroatoms. The van der Waals surface area contributed by atoms with Crippen molar-refractivity contribution in [3.8, 4) is 0 Å². The Morgan fingerprint density at radius 1 is 1.37 bits per heavy atom. The number of allylic oxidation sites excluding steroid dienone is 2. The highest BCUT2D eigenvalue weighted by molar-refractivity contribution is 8.05. The highest BCUT2D eigenvalue weighted by Gasteiger charge is 2.27. The number of nitroso groups, excluding NO2 is 1. The minimum Gasteiger partial charge on any atom is -0.394 e. The molecule has 1 aliphatic carbocycles. The first-order chi connectivity index (χ1) is 14.6. The van der Waals surface area contributed by atoms with Crippen molar-refractivity contribution in [2.45, 2.75) is 49.0 Å². The number of carbonyl (C=O) groups excluding carboxylic acids is 1. The van der Waals surface area contributed by atoms with Crippen LogP contribution < -0.4 is 5.32 Å². The maximum absolute atomic E-state index is 13.3. The van der Waals surface area contributed by atoms with E-state index in [9.17, 15) is 14.8 Å². The lowest BCUT2D eigenvalue weighted by Crippen LogP contribution is -2.29. The zero-order valence-electron chi connectivity index (χ0n) is 17.1. The molecule has 1 aliphatic heterocycles. The molecule has 2 aliphatic rings. The van der Waals surface area contributed by atoms with Crippen LogP contribution in [0, 0.1) is 10.8 Å². The smallest absolute Gasteiger partial charge is 0.232 e. The zero-order valence-corrected chi connectivity index (χ0v) is 18.8. The van der Waals surface area contributed by atoms with E-state index in [4.69, 9.17) is 0 Å². The van der Waals surface area contributed by atoms with E-state index in [1.165, 1.54) is 37.4 Å². The third-order valence-corrected chi connectivity index (χ3v) is 7.25. The highest BCUT2D eigenvalue weighted by atomic mass is 32.2. The van der Waals surface area contributed by atoms with Gasteiger partial charge in [-0.15, -0.1) is 11.8 Å². The predicted molar refractivity (Wildman–Crippen MR) is 125 cm³/mol. The van der Waals surface area contributed by atoms with E-state index in [0.29, 0.717) is 16.5 Å². The minimum atomic E-state index is -0.790. The van der Waals surface area contributed by atoms with Gasteiger partial charge in [-0.3, -0.25) is 4.79 Å². The maximum Gasteiger partial charge on any atom is 0.232 e. The number of aliphatic hydroxyl groups is 1. The summed E-state index contributed by atoms with van der Waals surface area (Å²) < 4.78 is 0. The second-order valence-corrected chi connectivity index (χ2v) is 9.43. The van der Waals surface area contributed by atoms with Crippen LogP contribution in [0.1, 0.15) is 43.6 Å². The van der Waals surface area contributed by atoms with Crippen LogP contribution in [-0.2, 0) is 4.79 Å². The molecule has 1 saturated carbocycles. The van der Waals surface area contributed by atoms with Crippen molar-refractivity contribution in [1.29, 1.82) is 0 Å². The van der Waals surface area contributed by atoms with Gasteiger partial charge in [0.25, 0.3) is 0 Å². The minimum absolute atomic E-state index is 0.00336. The topological polar surface area (TPSA) is 78.8 Å². The Morgan fingerprint density at radius 2 is 2.17 bits per heavy atom. The summed E-state index contributed by atoms with van der Waals surface area (Å²) in [6.45, 7) is -0.336. The molecule has 2 unspecified atom stereocenters. The van der Waals surface area contributed by atoms with Gasteiger partial charge in [0.15, 0.2) is 0 Å². The number of benzene rings is 1.